The van der Waals surface area contributed by atoms with Gasteiger partial charge in [-0.1, -0.05) is 18.2 Å². The molecule has 0 saturated heterocycles. The van der Waals surface area contributed by atoms with Crippen LogP contribution >= 0.6 is 22.6 Å². The molecule has 0 atom stereocenters. The number of hydrogen-bond acceptors (Lipinski definition) is 3. The molecule has 3 nitrogen and oxygen atoms in total. The van der Waals surface area contributed by atoms with Gasteiger partial charge >= 0.3 is 5.63 Å². The van der Waals surface area contributed by atoms with Crippen molar-refractivity contribution in [2.24, 2.45) is 0 Å². The normalized spacial score (nSPS) is 11.0. The molecule has 3 rings (SSSR count). The van der Waals surface area contributed by atoms with Crippen LogP contribution in [0.5, 0.6) is 0 Å². The standard InChI is InChI=1S/C19H18INO2/c1-11-5-7-16-14(8-18(22)23-19(16)13(11)3)10-21-15-6-4-12(2)17(20)9-15/h4-9,21H,10H2,1-3H3. The molecule has 2 aromatic carbocycles. The highest BCUT2D eigenvalue weighted by Gasteiger charge is 2.09. The van der Waals surface area contributed by atoms with Gasteiger partial charge in [0.1, 0.15) is 5.58 Å². The number of aryl methyl sites for hydroxylation is 3. The molecular formula is C19H18INO2. The minimum Gasteiger partial charge on any atom is -0.422 e. The van der Waals surface area contributed by atoms with E-state index in [1.54, 1.807) is 6.07 Å². The van der Waals surface area contributed by atoms with Gasteiger partial charge in [0.15, 0.2) is 0 Å². The van der Waals surface area contributed by atoms with Gasteiger partial charge in [-0.25, -0.2) is 4.79 Å². The van der Waals surface area contributed by atoms with E-state index in [1.807, 2.05) is 19.9 Å². The van der Waals surface area contributed by atoms with Crippen molar-refractivity contribution >= 4 is 39.2 Å². The lowest BCUT2D eigenvalue weighted by molar-refractivity contribution is 0.556. The van der Waals surface area contributed by atoms with Crippen LogP contribution in [0.4, 0.5) is 5.69 Å². The summed E-state index contributed by atoms with van der Waals surface area (Å²) in [5.74, 6) is 0. The van der Waals surface area contributed by atoms with Crippen LogP contribution in [0, 0.1) is 24.3 Å². The molecule has 1 heterocycles. The molecule has 0 saturated carbocycles. The summed E-state index contributed by atoms with van der Waals surface area (Å²) in [4.78, 5) is 11.9. The molecule has 1 N–H and O–H groups in total. The predicted molar refractivity (Wildman–Crippen MR) is 103 cm³/mol. The van der Waals surface area contributed by atoms with Gasteiger partial charge in [-0.05, 0) is 77.7 Å². The van der Waals surface area contributed by atoms with Crippen molar-refractivity contribution in [2.45, 2.75) is 27.3 Å². The lowest BCUT2D eigenvalue weighted by Crippen LogP contribution is -2.06. The Kier molecular flexibility index (Phi) is 4.43. The van der Waals surface area contributed by atoms with Crippen LogP contribution in [0.25, 0.3) is 11.0 Å². The molecule has 0 radical (unpaired) electrons. The monoisotopic (exact) mass is 419 g/mol. The molecule has 3 aromatic rings. The van der Waals surface area contributed by atoms with E-state index in [0.717, 1.165) is 27.8 Å². The van der Waals surface area contributed by atoms with Gasteiger partial charge in [-0.15, -0.1) is 0 Å². The van der Waals surface area contributed by atoms with Crippen molar-refractivity contribution in [2.75, 3.05) is 5.32 Å². The van der Waals surface area contributed by atoms with Crippen LogP contribution in [-0.2, 0) is 6.54 Å². The minimum atomic E-state index is -0.304. The first kappa shape index (κ1) is 16.1. The molecule has 0 spiro atoms. The van der Waals surface area contributed by atoms with Crippen LogP contribution in [0.15, 0.2) is 45.6 Å². The molecule has 0 fully saturated rings. The average molecular weight is 419 g/mol. The predicted octanol–water partition coefficient (Wildman–Crippen LogP) is 4.93. The molecular weight excluding hydrogens is 401 g/mol. The quantitative estimate of drug-likeness (QED) is 0.484. The van der Waals surface area contributed by atoms with Crippen molar-refractivity contribution in [1.82, 2.24) is 0 Å². The lowest BCUT2D eigenvalue weighted by atomic mass is 10.0. The topological polar surface area (TPSA) is 42.2 Å². The van der Waals surface area contributed by atoms with E-state index >= 15 is 0 Å². The molecule has 0 aliphatic heterocycles. The summed E-state index contributed by atoms with van der Waals surface area (Å²) in [6.07, 6.45) is 0. The third-order valence-electron chi connectivity index (χ3n) is 4.17. The number of nitrogens with one attached hydrogen (secondary N) is 1. The van der Waals surface area contributed by atoms with E-state index in [2.05, 4.69) is 59.1 Å². The second kappa shape index (κ2) is 6.35. The summed E-state index contributed by atoms with van der Waals surface area (Å²) < 4.78 is 6.64. The summed E-state index contributed by atoms with van der Waals surface area (Å²) in [6.45, 7) is 6.68. The zero-order chi connectivity index (χ0) is 16.6. The van der Waals surface area contributed by atoms with Gasteiger partial charge in [-0.2, -0.15) is 0 Å². The Labute approximate surface area is 148 Å². The fourth-order valence-electron chi connectivity index (χ4n) is 2.57. The number of rotatable bonds is 3. The van der Waals surface area contributed by atoms with E-state index in [-0.39, 0.29) is 5.63 Å². The highest BCUT2D eigenvalue weighted by atomic mass is 127. The molecule has 1 aromatic heterocycles. The Morgan fingerprint density at radius 1 is 1.04 bits per heavy atom. The fourth-order valence-corrected chi connectivity index (χ4v) is 3.09. The summed E-state index contributed by atoms with van der Waals surface area (Å²) in [6, 6.07) is 11.9. The number of anilines is 1. The van der Waals surface area contributed by atoms with Crippen molar-refractivity contribution in [3.05, 3.63) is 72.6 Å². The highest BCUT2D eigenvalue weighted by molar-refractivity contribution is 14.1. The van der Waals surface area contributed by atoms with Gasteiger partial charge in [-0.3, -0.25) is 0 Å². The van der Waals surface area contributed by atoms with E-state index in [9.17, 15) is 4.79 Å². The zero-order valence-corrected chi connectivity index (χ0v) is 15.5. The first-order valence-electron chi connectivity index (χ1n) is 7.48. The van der Waals surface area contributed by atoms with Crippen LogP contribution < -0.4 is 10.9 Å². The maximum atomic E-state index is 11.9. The van der Waals surface area contributed by atoms with Crippen molar-refractivity contribution in [1.29, 1.82) is 0 Å². The van der Waals surface area contributed by atoms with Gasteiger partial charge in [0.25, 0.3) is 0 Å². The molecule has 4 heteroatoms. The molecule has 23 heavy (non-hydrogen) atoms. The van der Waals surface area contributed by atoms with Crippen LogP contribution in [0.2, 0.25) is 0 Å². The van der Waals surface area contributed by atoms with Crippen molar-refractivity contribution in [3.63, 3.8) is 0 Å². The smallest absolute Gasteiger partial charge is 0.336 e. The Hall–Kier alpha value is -1.82. The summed E-state index contributed by atoms with van der Waals surface area (Å²) in [5, 5.41) is 4.39. The maximum absolute atomic E-state index is 11.9. The number of benzene rings is 2. The number of halogens is 1. The summed E-state index contributed by atoms with van der Waals surface area (Å²) in [5.41, 5.74) is 5.78. The van der Waals surface area contributed by atoms with E-state index in [4.69, 9.17) is 4.42 Å². The van der Waals surface area contributed by atoms with E-state index in [1.165, 1.54) is 9.13 Å². The SMILES string of the molecule is Cc1ccc(NCc2cc(=O)oc3c(C)c(C)ccc23)cc1I. The van der Waals surface area contributed by atoms with E-state index in [0.29, 0.717) is 12.1 Å². The maximum Gasteiger partial charge on any atom is 0.336 e. The number of fused-ring (bicyclic) bond motifs is 1. The Morgan fingerprint density at radius 2 is 1.78 bits per heavy atom. The zero-order valence-electron chi connectivity index (χ0n) is 13.4. The Balaban J connectivity index is 1.98. The largest absolute Gasteiger partial charge is 0.422 e. The number of hydrogen-bond donors (Lipinski definition) is 1. The highest BCUT2D eigenvalue weighted by Crippen LogP contribution is 2.24. The third kappa shape index (κ3) is 3.27. The molecule has 0 aliphatic carbocycles. The Bertz CT molecular complexity index is 944. The van der Waals surface area contributed by atoms with Gasteiger partial charge < -0.3 is 9.73 Å². The lowest BCUT2D eigenvalue weighted by Gasteiger charge is -2.11. The summed E-state index contributed by atoms with van der Waals surface area (Å²) in [7, 11) is 0. The van der Waals surface area contributed by atoms with Crippen LogP contribution in [0.3, 0.4) is 0 Å². The van der Waals surface area contributed by atoms with Crippen molar-refractivity contribution < 1.29 is 4.42 Å². The fraction of sp³-hybridized carbons (Fsp3) is 0.211. The van der Waals surface area contributed by atoms with Gasteiger partial charge in [0.05, 0.1) is 0 Å². The molecule has 0 amide bonds. The third-order valence-corrected chi connectivity index (χ3v) is 5.33. The minimum absolute atomic E-state index is 0.304. The van der Waals surface area contributed by atoms with E-state index < -0.39 is 0 Å². The van der Waals surface area contributed by atoms with Gasteiger partial charge in [0, 0.05) is 27.3 Å². The molecule has 118 valence electrons. The van der Waals surface area contributed by atoms with Gasteiger partial charge in [0.2, 0.25) is 0 Å². The first-order chi connectivity index (χ1) is 11.0. The molecule has 0 unspecified atom stereocenters. The second-order valence-corrected chi connectivity index (χ2v) is 6.95. The molecule has 0 bridgehead atoms. The molecule has 0 aliphatic rings. The van der Waals surface area contributed by atoms with Crippen molar-refractivity contribution in [3.8, 4) is 0 Å². The first-order valence-corrected chi connectivity index (χ1v) is 8.56. The summed E-state index contributed by atoms with van der Waals surface area (Å²) >= 11 is 2.33. The average Bonchev–Trinajstić information content (AvgIpc) is 2.52. The van der Waals surface area contributed by atoms with Crippen LogP contribution in [-0.4, -0.2) is 0 Å². The second-order valence-electron chi connectivity index (χ2n) is 5.79. The Morgan fingerprint density at radius 3 is 2.52 bits per heavy atom. The van der Waals surface area contributed by atoms with Crippen LogP contribution in [0.1, 0.15) is 22.3 Å².